The maximum atomic E-state index is 13.4. The van der Waals surface area contributed by atoms with E-state index in [2.05, 4.69) is 44.0 Å². The molecule has 5 heteroatoms. The first kappa shape index (κ1) is 14.9. The molecule has 2 aliphatic heterocycles. The van der Waals surface area contributed by atoms with Crippen molar-refractivity contribution >= 4 is 17.4 Å². The minimum absolute atomic E-state index is 0.319. The number of aromatic nitrogens is 2. The van der Waals surface area contributed by atoms with E-state index in [1.807, 2.05) is 6.20 Å². The van der Waals surface area contributed by atoms with Gasteiger partial charge in [0.25, 0.3) is 0 Å². The molecule has 1 aromatic heterocycles. The van der Waals surface area contributed by atoms with Gasteiger partial charge < -0.3 is 9.80 Å². The molecule has 1 aliphatic carbocycles. The van der Waals surface area contributed by atoms with Gasteiger partial charge in [-0.1, -0.05) is 18.2 Å². The minimum Gasteiger partial charge on any atom is -0.355 e. The van der Waals surface area contributed by atoms with E-state index in [0.717, 1.165) is 44.0 Å². The monoisotopic (exact) mass is 334 g/mol. The van der Waals surface area contributed by atoms with Gasteiger partial charge in [-0.15, -0.1) is 0 Å². The van der Waals surface area contributed by atoms with Crippen molar-refractivity contribution in [2.24, 2.45) is 5.92 Å². The van der Waals surface area contributed by atoms with Crippen molar-refractivity contribution in [3.8, 4) is 0 Å². The Morgan fingerprint density at radius 2 is 1.92 bits per heavy atom. The van der Waals surface area contributed by atoms with Crippen LogP contribution in [0.5, 0.6) is 0 Å². The summed E-state index contributed by atoms with van der Waals surface area (Å²) in [7, 11) is 0. The smallest absolute Gasteiger partial charge is 0.237 e. The Balaban J connectivity index is 1.44. The van der Waals surface area contributed by atoms with E-state index in [9.17, 15) is 4.79 Å². The lowest BCUT2D eigenvalue weighted by atomic mass is 9.73. The zero-order chi connectivity index (χ0) is 16.9. The fourth-order valence-corrected chi connectivity index (χ4v) is 4.39. The SMILES string of the molecule is O=C1N(CC2CC2)c2ccccc2C12CCN(c1cnccn1)CC2. The molecule has 1 saturated heterocycles. The zero-order valence-corrected chi connectivity index (χ0v) is 14.3. The average molecular weight is 334 g/mol. The number of fused-ring (bicyclic) bond motifs is 2. The highest BCUT2D eigenvalue weighted by atomic mass is 16.2. The maximum absolute atomic E-state index is 13.4. The van der Waals surface area contributed by atoms with E-state index < -0.39 is 0 Å². The van der Waals surface area contributed by atoms with Gasteiger partial charge in [0.05, 0.1) is 11.6 Å². The number of hydrogen-bond acceptors (Lipinski definition) is 4. The number of carbonyl (C=O) groups excluding carboxylic acids is 1. The van der Waals surface area contributed by atoms with Crippen molar-refractivity contribution in [1.82, 2.24) is 9.97 Å². The van der Waals surface area contributed by atoms with Gasteiger partial charge in [-0.05, 0) is 43.2 Å². The Bertz CT molecular complexity index is 794. The summed E-state index contributed by atoms with van der Waals surface area (Å²) in [6, 6.07) is 8.42. The Morgan fingerprint density at radius 1 is 1.12 bits per heavy atom. The second-order valence-corrected chi connectivity index (χ2v) is 7.51. The van der Waals surface area contributed by atoms with Crippen molar-refractivity contribution in [3.05, 3.63) is 48.4 Å². The Morgan fingerprint density at radius 3 is 2.64 bits per heavy atom. The molecule has 2 fully saturated rings. The van der Waals surface area contributed by atoms with Crippen molar-refractivity contribution in [1.29, 1.82) is 0 Å². The van der Waals surface area contributed by atoms with Gasteiger partial charge in [0.2, 0.25) is 5.91 Å². The molecular weight excluding hydrogens is 312 g/mol. The summed E-state index contributed by atoms with van der Waals surface area (Å²) in [5.74, 6) is 1.93. The first-order valence-corrected chi connectivity index (χ1v) is 9.20. The van der Waals surface area contributed by atoms with Gasteiger partial charge in [0.1, 0.15) is 5.82 Å². The van der Waals surface area contributed by atoms with Crippen LogP contribution >= 0.6 is 0 Å². The second kappa shape index (κ2) is 5.55. The molecule has 0 N–H and O–H groups in total. The Kier molecular flexibility index (Phi) is 3.30. The molecule has 5 rings (SSSR count). The highest BCUT2D eigenvalue weighted by Gasteiger charge is 2.52. The third-order valence-electron chi connectivity index (χ3n) is 5.99. The molecule has 5 nitrogen and oxygen atoms in total. The first-order valence-electron chi connectivity index (χ1n) is 9.20. The van der Waals surface area contributed by atoms with E-state index in [-0.39, 0.29) is 5.41 Å². The van der Waals surface area contributed by atoms with Crippen LogP contribution in [0.4, 0.5) is 11.5 Å². The Hall–Kier alpha value is -2.43. The summed E-state index contributed by atoms with van der Waals surface area (Å²) in [6.45, 7) is 2.58. The Labute approximate surface area is 147 Å². The minimum atomic E-state index is -0.343. The summed E-state index contributed by atoms with van der Waals surface area (Å²) in [5.41, 5.74) is 2.04. The molecular formula is C20H22N4O. The van der Waals surface area contributed by atoms with Crippen LogP contribution in [0, 0.1) is 5.92 Å². The standard InChI is InChI=1S/C20H22N4O/c25-19-20(7-11-23(12-8-20)18-13-21-9-10-22-18)16-3-1-2-4-17(16)24(19)14-15-5-6-15/h1-4,9-10,13,15H,5-8,11-12,14H2. The first-order chi connectivity index (χ1) is 12.3. The van der Waals surface area contributed by atoms with Crippen molar-refractivity contribution in [2.75, 3.05) is 29.4 Å². The molecule has 128 valence electrons. The quantitative estimate of drug-likeness (QED) is 0.866. The summed E-state index contributed by atoms with van der Waals surface area (Å²) >= 11 is 0. The molecule has 0 atom stereocenters. The summed E-state index contributed by atoms with van der Waals surface area (Å²) in [6.07, 6.45) is 9.45. The number of hydrogen-bond donors (Lipinski definition) is 0. The van der Waals surface area contributed by atoms with Crippen LogP contribution in [0.25, 0.3) is 0 Å². The molecule has 2 aromatic rings. The largest absolute Gasteiger partial charge is 0.355 e. The number of carbonyl (C=O) groups is 1. The highest BCUT2D eigenvalue weighted by molar-refractivity contribution is 6.08. The van der Waals surface area contributed by atoms with E-state index in [1.165, 1.54) is 18.4 Å². The van der Waals surface area contributed by atoms with E-state index in [4.69, 9.17) is 0 Å². The van der Waals surface area contributed by atoms with Crippen molar-refractivity contribution < 1.29 is 4.79 Å². The highest BCUT2D eigenvalue weighted by Crippen LogP contribution is 2.49. The lowest BCUT2D eigenvalue weighted by molar-refractivity contribution is -0.124. The number of benzene rings is 1. The van der Waals surface area contributed by atoms with Crippen molar-refractivity contribution in [3.63, 3.8) is 0 Å². The average Bonchev–Trinajstić information content (AvgIpc) is 3.47. The lowest BCUT2D eigenvalue weighted by Crippen LogP contribution is -2.49. The summed E-state index contributed by atoms with van der Waals surface area (Å²) in [4.78, 5) is 26.3. The zero-order valence-electron chi connectivity index (χ0n) is 14.3. The molecule has 1 saturated carbocycles. The van der Waals surface area contributed by atoms with E-state index in [0.29, 0.717) is 11.8 Å². The number of para-hydroxylation sites is 1. The second-order valence-electron chi connectivity index (χ2n) is 7.51. The van der Waals surface area contributed by atoms with Crippen LogP contribution in [0.1, 0.15) is 31.2 Å². The number of anilines is 2. The normalized spacial score (nSPS) is 21.7. The fourth-order valence-electron chi connectivity index (χ4n) is 4.39. The summed E-state index contributed by atoms with van der Waals surface area (Å²) < 4.78 is 0. The van der Waals surface area contributed by atoms with Crippen LogP contribution in [0.3, 0.4) is 0 Å². The number of rotatable bonds is 3. The fraction of sp³-hybridized carbons (Fsp3) is 0.450. The third kappa shape index (κ3) is 2.33. The molecule has 1 spiro atoms. The van der Waals surface area contributed by atoms with E-state index >= 15 is 0 Å². The number of nitrogens with zero attached hydrogens (tertiary/aromatic N) is 4. The van der Waals surface area contributed by atoms with Crippen LogP contribution in [0.15, 0.2) is 42.9 Å². The van der Waals surface area contributed by atoms with Gasteiger partial charge in [0, 0.05) is 37.7 Å². The molecule has 0 unspecified atom stereocenters. The van der Waals surface area contributed by atoms with Gasteiger partial charge >= 0.3 is 0 Å². The molecule has 0 radical (unpaired) electrons. The third-order valence-corrected chi connectivity index (χ3v) is 5.99. The number of amides is 1. The van der Waals surface area contributed by atoms with Crippen LogP contribution in [-0.4, -0.2) is 35.5 Å². The molecule has 1 amide bonds. The molecule has 3 aliphatic rings. The molecule has 25 heavy (non-hydrogen) atoms. The van der Waals surface area contributed by atoms with Gasteiger partial charge in [-0.2, -0.15) is 0 Å². The molecule has 0 bridgehead atoms. The van der Waals surface area contributed by atoms with Gasteiger partial charge in [-0.25, -0.2) is 4.98 Å². The summed E-state index contributed by atoms with van der Waals surface area (Å²) in [5, 5.41) is 0. The lowest BCUT2D eigenvalue weighted by Gasteiger charge is -2.39. The predicted octanol–water partition coefficient (Wildman–Crippen LogP) is 2.77. The van der Waals surface area contributed by atoms with Crippen molar-refractivity contribution in [2.45, 2.75) is 31.1 Å². The van der Waals surface area contributed by atoms with E-state index in [1.54, 1.807) is 12.4 Å². The predicted molar refractivity (Wildman–Crippen MR) is 96.7 cm³/mol. The van der Waals surface area contributed by atoms with Crippen LogP contribution in [-0.2, 0) is 10.2 Å². The topological polar surface area (TPSA) is 49.3 Å². The van der Waals surface area contributed by atoms with Gasteiger partial charge in [0.15, 0.2) is 0 Å². The molecule has 3 heterocycles. The van der Waals surface area contributed by atoms with Gasteiger partial charge in [-0.3, -0.25) is 9.78 Å². The maximum Gasteiger partial charge on any atom is 0.237 e. The van der Waals surface area contributed by atoms with Crippen LogP contribution in [0.2, 0.25) is 0 Å². The number of piperidine rings is 1. The molecule has 1 aromatic carbocycles. The van der Waals surface area contributed by atoms with Crippen LogP contribution < -0.4 is 9.80 Å².